The lowest BCUT2D eigenvalue weighted by Gasteiger charge is -2.21. The van der Waals surface area contributed by atoms with Crippen molar-refractivity contribution in [2.75, 3.05) is 5.32 Å². The standard InChI is InChI=1S/C26H24Cl2N4O/c1-16-20(18-10-11-22(27)23(28)12-18)8-5-9-21(16)25(33)31-19-13-29-26-30-14-24(32(26)15-19)17-6-3-2-4-7-17/h5,8-15,17H,2-4,6-7H2,1H3,(H,31,33). The van der Waals surface area contributed by atoms with Crippen molar-refractivity contribution >= 4 is 40.6 Å². The van der Waals surface area contributed by atoms with Gasteiger partial charge in [0.2, 0.25) is 5.78 Å². The minimum Gasteiger partial charge on any atom is -0.319 e. The highest BCUT2D eigenvalue weighted by atomic mass is 35.5. The molecule has 0 atom stereocenters. The van der Waals surface area contributed by atoms with Crippen molar-refractivity contribution < 1.29 is 4.79 Å². The average molecular weight is 479 g/mol. The predicted molar refractivity (Wildman–Crippen MR) is 133 cm³/mol. The molecule has 2 heterocycles. The highest BCUT2D eigenvalue weighted by Crippen LogP contribution is 2.34. The molecule has 2 aromatic heterocycles. The number of halogens is 2. The van der Waals surface area contributed by atoms with Crippen molar-refractivity contribution in [1.82, 2.24) is 14.4 Å². The molecular formula is C26H24Cl2N4O. The van der Waals surface area contributed by atoms with Crippen LogP contribution < -0.4 is 5.32 Å². The molecule has 5 rings (SSSR count). The van der Waals surface area contributed by atoms with Gasteiger partial charge in [0.25, 0.3) is 5.91 Å². The summed E-state index contributed by atoms with van der Waals surface area (Å²) in [6.45, 7) is 1.94. The summed E-state index contributed by atoms with van der Waals surface area (Å²) in [5, 5.41) is 4.00. The van der Waals surface area contributed by atoms with Crippen molar-refractivity contribution in [3.05, 3.63) is 81.9 Å². The fourth-order valence-electron chi connectivity index (χ4n) is 4.71. The Balaban J connectivity index is 1.43. The van der Waals surface area contributed by atoms with Gasteiger partial charge in [-0.2, -0.15) is 0 Å². The number of nitrogens with one attached hydrogen (secondary N) is 1. The van der Waals surface area contributed by atoms with Crippen molar-refractivity contribution in [3.63, 3.8) is 0 Å². The van der Waals surface area contributed by atoms with Gasteiger partial charge in [-0.25, -0.2) is 9.97 Å². The number of hydrogen-bond acceptors (Lipinski definition) is 3. The van der Waals surface area contributed by atoms with Crippen LogP contribution in [0, 0.1) is 6.92 Å². The van der Waals surface area contributed by atoms with Gasteiger partial charge in [-0.1, -0.05) is 60.7 Å². The molecule has 1 aliphatic carbocycles. The normalized spacial score (nSPS) is 14.5. The summed E-state index contributed by atoms with van der Waals surface area (Å²) in [7, 11) is 0. The van der Waals surface area contributed by atoms with E-state index in [4.69, 9.17) is 23.2 Å². The maximum atomic E-state index is 13.2. The molecule has 1 aliphatic rings. The molecule has 0 aliphatic heterocycles. The third kappa shape index (κ3) is 4.35. The Labute approximate surface area is 202 Å². The molecule has 0 radical (unpaired) electrons. The zero-order valence-electron chi connectivity index (χ0n) is 18.3. The summed E-state index contributed by atoms with van der Waals surface area (Å²) in [5.74, 6) is 0.966. The molecular weight excluding hydrogens is 455 g/mol. The Morgan fingerprint density at radius 3 is 2.61 bits per heavy atom. The molecule has 1 saturated carbocycles. The van der Waals surface area contributed by atoms with Gasteiger partial charge >= 0.3 is 0 Å². The van der Waals surface area contributed by atoms with E-state index in [0.717, 1.165) is 16.7 Å². The Hall–Kier alpha value is -2.89. The van der Waals surface area contributed by atoms with E-state index in [1.807, 2.05) is 54.0 Å². The van der Waals surface area contributed by atoms with E-state index >= 15 is 0 Å². The Morgan fingerprint density at radius 1 is 1.03 bits per heavy atom. The van der Waals surface area contributed by atoms with Crippen LogP contribution in [0.15, 0.2) is 55.0 Å². The largest absolute Gasteiger partial charge is 0.319 e. The van der Waals surface area contributed by atoms with Crippen LogP contribution in [-0.2, 0) is 0 Å². The molecule has 1 amide bonds. The summed E-state index contributed by atoms with van der Waals surface area (Å²) in [4.78, 5) is 22.1. The molecule has 168 valence electrons. The second kappa shape index (κ2) is 9.16. The minimum absolute atomic E-state index is 0.185. The third-order valence-electron chi connectivity index (χ3n) is 6.48. The highest BCUT2D eigenvalue weighted by molar-refractivity contribution is 6.42. The number of nitrogens with zero attached hydrogens (tertiary/aromatic N) is 3. The molecule has 1 N–H and O–H groups in total. The number of benzene rings is 2. The van der Waals surface area contributed by atoms with Gasteiger partial charge in [-0.15, -0.1) is 0 Å². The van der Waals surface area contributed by atoms with E-state index in [2.05, 4.69) is 15.3 Å². The molecule has 4 aromatic rings. The topological polar surface area (TPSA) is 59.3 Å². The Bertz CT molecular complexity index is 1340. The van der Waals surface area contributed by atoms with E-state index in [1.165, 1.54) is 37.8 Å². The molecule has 33 heavy (non-hydrogen) atoms. The number of hydrogen-bond donors (Lipinski definition) is 1. The fraction of sp³-hybridized carbons (Fsp3) is 0.269. The van der Waals surface area contributed by atoms with Crippen molar-refractivity contribution in [1.29, 1.82) is 0 Å². The molecule has 0 unspecified atom stereocenters. The Kier molecular flexibility index (Phi) is 6.09. The second-order valence-electron chi connectivity index (χ2n) is 8.59. The van der Waals surface area contributed by atoms with Gasteiger partial charge in [-0.05, 0) is 54.7 Å². The van der Waals surface area contributed by atoms with E-state index in [1.54, 1.807) is 12.3 Å². The first-order valence-electron chi connectivity index (χ1n) is 11.2. The molecule has 0 saturated heterocycles. The lowest BCUT2D eigenvalue weighted by atomic mass is 9.87. The maximum absolute atomic E-state index is 13.2. The van der Waals surface area contributed by atoms with Crippen LogP contribution in [0.3, 0.4) is 0 Å². The number of anilines is 1. The van der Waals surface area contributed by atoms with Crippen molar-refractivity contribution in [2.45, 2.75) is 44.9 Å². The van der Waals surface area contributed by atoms with Crippen LogP contribution in [-0.4, -0.2) is 20.3 Å². The zero-order chi connectivity index (χ0) is 22.9. The Morgan fingerprint density at radius 2 is 1.82 bits per heavy atom. The molecule has 7 heteroatoms. The molecule has 1 fully saturated rings. The maximum Gasteiger partial charge on any atom is 0.256 e. The number of rotatable bonds is 4. The van der Waals surface area contributed by atoms with Crippen LogP contribution in [0.1, 0.15) is 59.6 Å². The lowest BCUT2D eigenvalue weighted by Crippen LogP contribution is -2.15. The number of carbonyl (C=O) groups is 1. The first-order valence-corrected chi connectivity index (χ1v) is 12.0. The van der Waals surface area contributed by atoms with Crippen molar-refractivity contribution in [2.24, 2.45) is 0 Å². The zero-order valence-corrected chi connectivity index (χ0v) is 19.8. The van der Waals surface area contributed by atoms with E-state index in [0.29, 0.717) is 33.0 Å². The predicted octanol–water partition coefficient (Wildman–Crippen LogP) is 7.31. The molecule has 0 bridgehead atoms. The molecule has 2 aromatic carbocycles. The lowest BCUT2D eigenvalue weighted by molar-refractivity contribution is 0.102. The highest BCUT2D eigenvalue weighted by Gasteiger charge is 2.20. The molecule has 5 nitrogen and oxygen atoms in total. The van der Waals surface area contributed by atoms with Gasteiger partial charge < -0.3 is 5.32 Å². The average Bonchev–Trinajstić information content (AvgIpc) is 3.25. The number of carbonyl (C=O) groups excluding carboxylic acids is 1. The van der Waals surface area contributed by atoms with E-state index in [9.17, 15) is 4.79 Å². The second-order valence-corrected chi connectivity index (χ2v) is 9.41. The van der Waals surface area contributed by atoms with Gasteiger partial charge in [0.1, 0.15) is 0 Å². The van der Waals surface area contributed by atoms with Crippen LogP contribution in [0.2, 0.25) is 10.0 Å². The van der Waals surface area contributed by atoms with Gasteiger partial charge in [0.05, 0.1) is 28.1 Å². The SMILES string of the molecule is Cc1c(C(=O)Nc2cnc3ncc(C4CCCCC4)n3c2)cccc1-c1ccc(Cl)c(Cl)c1. The number of amides is 1. The van der Waals surface area contributed by atoms with Crippen LogP contribution in [0.25, 0.3) is 16.9 Å². The van der Waals surface area contributed by atoms with Gasteiger partial charge in [0.15, 0.2) is 0 Å². The third-order valence-corrected chi connectivity index (χ3v) is 7.22. The monoisotopic (exact) mass is 478 g/mol. The number of aromatic nitrogens is 3. The van der Waals surface area contributed by atoms with Gasteiger partial charge in [-0.3, -0.25) is 9.20 Å². The van der Waals surface area contributed by atoms with Crippen LogP contribution in [0.5, 0.6) is 0 Å². The van der Waals surface area contributed by atoms with Crippen LogP contribution in [0.4, 0.5) is 5.69 Å². The fourth-order valence-corrected chi connectivity index (χ4v) is 5.01. The first-order chi connectivity index (χ1) is 16.0. The van der Waals surface area contributed by atoms with Crippen LogP contribution >= 0.6 is 23.2 Å². The minimum atomic E-state index is -0.185. The summed E-state index contributed by atoms with van der Waals surface area (Å²) in [6, 6.07) is 11.2. The van der Waals surface area contributed by atoms with Crippen molar-refractivity contribution in [3.8, 4) is 11.1 Å². The number of imidazole rings is 1. The quantitative estimate of drug-likeness (QED) is 0.334. The molecule has 0 spiro atoms. The number of fused-ring (bicyclic) bond motifs is 1. The summed E-state index contributed by atoms with van der Waals surface area (Å²) >= 11 is 12.3. The first kappa shape index (κ1) is 21.9. The smallest absolute Gasteiger partial charge is 0.256 e. The summed E-state index contributed by atoms with van der Waals surface area (Å²) < 4.78 is 2.02. The van der Waals surface area contributed by atoms with E-state index < -0.39 is 0 Å². The van der Waals surface area contributed by atoms with Gasteiger partial charge in [0, 0.05) is 23.4 Å². The summed E-state index contributed by atoms with van der Waals surface area (Å²) in [5.41, 5.74) is 5.12. The summed E-state index contributed by atoms with van der Waals surface area (Å²) in [6.07, 6.45) is 11.6. The van der Waals surface area contributed by atoms with E-state index in [-0.39, 0.29) is 5.91 Å².